The molecule has 0 saturated carbocycles. The summed E-state index contributed by atoms with van der Waals surface area (Å²) in [6.45, 7) is 7.47. The minimum Gasteiger partial charge on any atom is -0.380 e. The third-order valence-electron chi connectivity index (χ3n) is 3.27. The van der Waals surface area contributed by atoms with Gasteiger partial charge >= 0.3 is 0 Å². The molecule has 2 atom stereocenters. The lowest BCUT2D eigenvalue weighted by atomic mass is 10.1. The molecule has 1 saturated heterocycles. The van der Waals surface area contributed by atoms with Crippen molar-refractivity contribution in [3.63, 3.8) is 0 Å². The van der Waals surface area contributed by atoms with Crippen LogP contribution in [0.2, 0.25) is 0 Å². The van der Waals surface area contributed by atoms with E-state index >= 15 is 0 Å². The van der Waals surface area contributed by atoms with Gasteiger partial charge in [0.05, 0.1) is 6.61 Å². The molecule has 1 fully saturated rings. The Labute approximate surface area is 109 Å². The molecular formula is C13H24N2O3. The number of hydrogen-bond donors (Lipinski definition) is 1. The molecule has 1 heterocycles. The molecule has 0 radical (unpaired) electrons. The fourth-order valence-corrected chi connectivity index (χ4v) is 1.98. The average Bonchev–Trinajstić information content (AvgIpc) is 2.37. The second kappa shape index (κ2) is 7.36. The first kappa shape index (κ1) is 15.0. The molecule has 0 aromatic carbocycles. The van der Waals surface area contributed by atoms with Crippen LogP contribution in [0, 0.1) is 0 Å². The third kappa shape index (κ3) is 3.70. The molecule has 2 unspecified atom stereocenters. The van der Waals surface area contributed by atoms with Gasteiger partial charge in [0.15, 0.2) is 0 Å². The number of unbranched alkanes of at least 4 members (excludes halogenated alkanes) is 1. The minimum atomic E-state index is -0.393. The summed E-state index contributed by atoms with van der Waals surface area (Å²) < 4.78 is 5.45. The zero-order valence-corrected chi connectivity index (χ0v) is 11.6. The summed E-state index contributed by atoms with van der Waals surface area (Å²) in [5, 5.41) is 2.74. The molecule has 0 aromatic heterocycles. The zero-order valence-electron chi connectivity index (χ0n) is 11.6. The summed E-state index contributed by atoms with van der Waals surface area (Å²) in [5.74, 6) is -0.0706. The maximum Gasteiger partial charge on any atom is 0.245 e. The Balaban J connectivity index is 2.44. The summed E-state index contributed by atoms with van der Waals surface area (Å²) >= 11 is 0. The summed E-state index contributed by atoms with van der Waals surface area (Å²) in [6, 6.07) is -0.764. The molecular weight excluding hydrogens is 232 g/mol. The standard InChI is InChI=1S/C13H24N2O3/c1-4-6-8-18-9-7-15-10(3)12(16)14-11(5-2)13(15)17/h10-11H,4-9H2,1-3H3,(H,14,16). The van der Waals surface area contributed by atoms with Crippen molar-refractivity contribution in [2.24, 2.45) is 0 Å². The average molecular weight is 256 g/mol. The highest BCUT2D eigenvalue weighted by Crippen LogP contribution is 2.11. The molecule has 0 bridgehead atoms. The van der Waals surface area contributed by atoms with Crippen LogP contribution in [-0.4, -0.2) is 48.6 Å². The van der Waals surface area contributed by atoms with Crippen LogP contribution in [0.15, 0.2) is 0 Å². The van der Waals surface area contributed by atoms with Crippen molar-refractivity contribution >= 4 is 11.8 Å². The second-order valence-electron chi connectivity index (χ2n) is 4.64. The van der Waals surface area contributed by atoms with E-state index in [4.69, 9.17) is 4.74 Å². The van der Waals surface area contributed by atoms with Crippen LogP contribution >= 0.6 is 0 Å². The van der Waals surface area contributed by atoms with Gasteiger partial charge in [0.1, 0.15) is 12.1 Å². The predicted octanol–water partition coefficient (Wildman–Crippen LogP) is 0.929. The summed E-state index contributed by atoms with van der Waals surface area (Å²) in [5.41, 5.74) is 0. The quantitative estimate of drug-likeness (QED) is 0.689. The van der Waals surface area contributed by atoms with Crippen molar-refractivity contribution in [2.45, 2.75) is 52.1 Å². The highest BCUT2D eigenvalue weighted by molar-refractivity contribution is 5.96. The number of hydrogen-bond acceptors (Lipinski definition) is 3. The molecule has 18 heavy (non-hydrogen) atoms. The Bertz CT molecular complexity index is 294. The molecule has 1 N–H and O–H groups in total. The monoisotopic (exact) mass is 256 g/mol. The number of carbonyl (C=O) groups excluding carboxylic acids is 2. The Morgan fingerprint density at radius 1 is 1.28 bits per heavy atom. The maximum absolute atomic E-state index is 12.1. The largest absolute Gasteiger partial charge is 0.380 e. The molecule has 5 nitrogen and oxygen atoms in total. The van der Waals surface area contributed by atoms with E-state index in [1.165, 1.54) is 0 Å². The van der Waals surface area contributed by atoms with E-state index in [-0.39, 0.29) is 17.9 Å². The van der Waals surface area contributed by atoms with Gasteiger partial charge in [-0.3, -0.25) is 9.59 Å². The van der Waals surface area contributed by atoms with Crippen molar-refractivity contribution in [1.29, 1.82) is 0 Å². The van der Waals surface area contributed by atoms with E-state index in [1.807, 2.05) is 6.92 Å². The summed E-state index contributed by atoms with van der Waals surface area (Å²) in [7, 11) is 0. The van der Waals surface area contributed by atoms with Gasteiger partial charge < -0.3 is 15.0 Å². The molecule has 5 heteroatoms. The lowest BCUT2D eigenvalue weighted by molar-refractivity contribution is -0.149. The second-order valence-corrected chi connectivity index (χ2v) is 4.64. The topological polar surface area (TPSA) is 58.6 Å². The maximum atomic E-state index is 12.1. The smallest absolute Gasteiger partial charge is 0.245 e. The molecule has 1 aliphatic rings. The Kier molecular flexibility index (Phi) is 6.12. The highest BCUT2D eigenvalue weighted by atomic mass is 16.5. The molecule has 1 rings (SSSR count). The van der Waals surface area contributed by atoms with Crippen LogP contribution in [0.3, 0.4) is 0 Å². The van der Waals surface area contributed by atoms with Gasteiger partial charge in [-0.25, -0.2) is 0 Å². The Hall–Kier alpha value is -1.10. The summed E-state index contributed by atoms with van der Waals surface area (Å²) in [4.78, 5) is 25.4. The van der Waals surface area contributed by atoms with Crippen LogP contribution in [0.4, 0.5) is 0 Å². The number of piperazine rings is 1. The SMILES string of the molecule is CCCCOCCN1C(=O)C(CC)NC(=O)C1C. The van der Waals surface area contributed by atoms with Crippen LogP contribution in [0.1, 0.15) is 40.0 Å². The number of rotatable bonds is 7. The van der Waals surface area contributed by atoms with E-state index in [0.29, 0.717) is 19.6 Å². The predicted molar refractivity (Wildman–Crippen MR) is 69.1 cm³/mol. The first-order valence-corrected chi connectivity index (χ1v) is 6.80. The number of nitrogens with zero attached hydrogens (tertiary/aromatic N) is 1. The van der Waals surface area contributed by atoms with Gasteiger partial charge in [0.2, 0.25) is 11.8 Å². The van der Waals surface area contributed by atoms with Crippen molar-refractivity contribution in [1.82, 2.24) is 10.2 Å². The molecule has 0 spiro atoms. The van der Waals surface area contributed by atoms with Gasteiger partial charge in [-0.15, -0.1) is 0 Å². The van der Waals surface area contributed by atoms with Gasteiger partial charge in [-0.05, 0) is 19.8 Å². The number of ether oxygens (including phenoxy) is 1. The van der Waals surface area contributed by atoms with E-state index in [2.05, 4.69) is 12.2 Å². The lowest BCUT2D eigenvalue weighted by Gasteiger charge is -2.37. The van der Waals surface area contributed by atoms with Crippen LogP contribution in [0.5, 0.6) is 0 Å². The van der Waals surface area contributed by atoms with Crippen LogP contribution in [-0.2, 0) is 14.3 Å². The van der Waals surface area contributed by atoms with Crippen molar-refractivity contribution in [2.75, 3.05) is 19.8 Å². The van der Waals surface area contributed by atoms with Gasteiger partial charge in [-0.2, -0.15) is 0 Å². The molecule has 0 aromatic rings. The first-order chi connectivity index (χ1) is 8.61. The molecule has 104 valence electrons. The van der Waals surface area contributed by atoms with Crippen molar-refractivity contribution in [3.05, 3.63) is 0 Å². The zero-order chi connectivity index (χ0) is 13.5. The molecule has 1 aliphatic heterocycles. The normalized spacial score (nSPS) is 24.3. The fraction of sp³-hybridized carbons (Fsp3) is 0.846. The number of amides is 2. The van der Waals surface area contributed by atoms with Gasteiger partial charge in [0.25, 0.3) is 0 Å². The van der Waals surface area contributed by atoms with Crippen molar-refractivity contribution < 1.29 is 14.3 Å². The van der Waals surface area contributed by atoms with Gasteiger partial charge in [-0.1, -0.05) is 20.3 Å². The third-order valence-corrected chi connectivity index (χ3v) is 3.27. The van der Waals surface area contributed by atoms with E-state index in [9.17, 15) is 9.59 Å². The van der Waals surface area contributed by atoms with E-state index < -0.39 is 6.04 Å². The van der Waals surface area contributed by atoms with E-state index in [1.54, 1.807) is 11.8 Å². The Morgan fingerprint density at radius 3 is 2.61 bits per heavy atom. The van der Waals surface area contributed by atoms with Crippen LogP contribution in [0.25, 0.3) is 0 Å². The van der Waals surface area contributed by atoms with Crippen LogP contribution < -0.4 is 5.32 Å². The number of nitrogens with one attached hydrogen (secondary N) is 1. The van der Waals surface area contributed by atoms with Crippen molar-refractivity contribution in [3.8, 4) is 0 Å². The fourth-order valence-electron chi connectivity index (χ4n) is 1.98. The number of carbonyl (C=O) groups is 2. The summed E-state index contributed by atoms with van der Waals surface area (Å²) in [6.07, 6.45) is 2.76. The van der Waals surface area contributed by atoms with Gasteiger partial charge in [0, 0.05) is 13.2 Å². The van der Waals surface area contributed by atoms with E-state index in [0.717, 1.165) is 19.4 Å². The Morgan fingerprint density at radius 2 is 2.00 bits per heavy atom. The molecule has 0 aliphatic carbocycles. The lowest BCUT2D eigenvalue weighted by Crippen LogP contribution is -2.62. The first-order valence-electron chi connectivity index (χ1n) is 6.80. The highest BCUT2D eigenvalue weighted by Gasteiger charge is 2.36. The minimum absolute atomic E-state index is 0.00342. The molecule has 2 amide bonds.